The monoisotopic (exact) mass is 420 g/mol. The molecule has 0 aliphatic heterocycles. The van der Waals surface area contributed by atoms with Crippen LogP contribution in [0, 0.1) is 6.92 Å². The van der Waals surface area contributed by atoms with Gasteiger partial charge in [0.2, 0.25) is 0 Å². The molecular formula is C18H17BrN2O3S. The van der Waals surface area contributed by atoms with E-state index in [1.165, 1.54) is 11.3 Å². The first-order valence-corrected chi connectivity index (χ1v) is 9.38. The minimum absolute atomic E-state index is 0.0683. The molecule has 0 bridgehead atoms. The van der Waals surface area contributed by atoms with Crippen LogP contribution in [-0.2, 0) is 4.79 Å². The number of fused-ring (bicyclic) bond motifs is 1. The number of nitrogens with one attached hydrogen (secondary N) is 1. The molecule has 0 atom stereocenters. The zero-order valence-electron chi connectivity index (χ0n) is 13.8. The second kappa shape index (κ2) is 7.84. The predicted octanol–water partition coefficient (Wildman–Crippen LogP) is 4.78. The van der Waals surface area contributed by atoms with Crippen molar-refractivity contribution in [3.63, 3.8) is 0 Å². The lowest BCUT2D eigenvalue weighted by Gasteiger charge is -2.07. The zero-order chi connectivity index (χ0) is 17.8. The van der Waals surface area contributed by atoms with E-state index in [1.807, 2.05) is 50.2 Å². The van der Waals surface area contributed by atoms with E-state index in [9.17, 15) is 4.79 Å². The number of nitrogens with zero attached hydrogens (tertiary/aromatic N) is 1. The van der Waals surface area contributed by atoms with Crippen molar-refractivity contribution < 1.29 is 14.3 Å². The van der Waals surface area contributed by atoms with E-state index in [2.05, 4.69) is 26.2 Å². The molecule has 25 heavy (non-hydrogen) atoms. The summed E-state index contributed by atoms with van der Waals surface area (Å²) in [5, 5.41) is 3.32. The first-order chi connectivity index (χ1) is 12.0. The van der Waals surface area contributed by atoms with Crippen LogP contribution in [0.5, 0.6) is 11.5 Å². The summed E-state index contributed by atoms with van der Waals surface area (Å²) < 4.78 is 13.0. The molecule has 0 fully saturated rings. The molecule has 0 aliphatic rings. The number of benzene rings is 2. The highest BCUT2D eigenvalue weighted by Crippen LogP contribution is 2.29. The smallest absolute Gasteiger partial charge is 0.264 e. The average molecular weight is 421 g/mol. The highest BCUT2D eigenvalue weighted by atomic mass is 79.9. The SMILES string of the molecule is CCOc1ccc2nc(NC(=O)COc3ccc(Br)c(C)c3)sc2c1. The van der Waals surface area contributed by atoms with E-state index in [4.69, 9.17) is 9.47 Å². The van der Waals surface area contributed by atoms with Crippen molar-refractivity contribution in [2.75, 3.05) is 18.5 Å². The molecule has 5 nitrogen and oxygen atoms in total. The van der Waals surface area contributed by atoms with Crippen LogP contribution in [-0.4, -0.2) is 24.1 Å². The van der Waals surface area contributed by atoms with E-state index < -0.39 is 0 Å². The number of hydrogen-bond donors (Lipinski definition) is 1. The van der Waals surface area contributed by atoms with Gasteiger partial charge in [0.05, 0.1) is 16.8 Å². The Morgan fingerprint density at radius 1 is 1.20 bits per heavy atom. The number of carbonyl (C=O) groups is 1. The summed E-state index contributed by atoms with van der Waals surface area (Å²) in [6, 6.07) is 11.3. The largest absolute Gasteiger partial charge is 0.494 e. The maximum Gasteiger partial charge on any atom is 0.264 e. The lowest BCUT2D eigenvalue weighted by Crippen LogP contribution is -2.20. The molecule has 7 heteroatoms. The van der Waals surface area contributed by atoms with Crippen LogP contribution in [0.4, 0.5) is 5.13 Å². The summed E-state index contributed by atoms with van der Waals surface area (Å²) in [4.78, 5) is 16.5. The van der Waals surface area contributed by atoms with Gasteiger partial charge in [0.15, 0.2) is 11.7 Å². The van der Waals surface area contributed by atoms with Crippen LogP contribution < -0.4 is 14.8 Å². The Labute approximate surface area is 158 Å². The van der Waals surface area contributed by atoms with Crippen molar-refractivity contribution in [2.24, 2.45) is 0 Å². The molecule has 1 amide bonds. The first-order valence-electron chi connectivity index (χ1n) is 7.77. The maximum atomic E-state index is 12.1. The van der Waals surface area contributed by atoms with Crippen LogP contribution in [0.1, 0.15) is 12.5 Å². The quantitative estimate of drug-likeness (QED) is 0.622. The molecule has 0 saturated heterocycles. The number of halogens is 1. The zero-order valence-corrected chi connectivity index (χ0v) is 16.2. The highest BCUT2D eigenvalue weighted by Gasteiger charge is 2.10. The van der Waals surface area contributed by atoms with Crippen molar-refractivity contribution in [1.29, 1.82) is 0 Å². The number of rotatable bonds is 6. The lowest BCUT2D eigenvalue weighted by atomic mass is 10.2. The Morgan fingerprint density at radius 3 is 2.72 bits per heavy atom. The number of ether oxygens (including phenoxy) is 2. The maximum absolute atomic E-state index is 12.1. The summed E-state index contributed by atoms with van der Waals surface area (Å²) in [5.41, 5.74) is 1.88. The van der Waals surface area contributed by atoms with Crippen molar-refractivity contribution in [1.82, 2.24) is 4.98 Å². The number of aryl methyl sites for hydroxylation is 1. The molecule has 0 saturated carbocycles. The van der Waals surface area contributed by atoms with Gasteiger partial charge in [0.1, 0.15) is 11.5 Å². The topological polar surface area (TPSA) is 60.5 Å². The highest BCUT2D eigenvalue weighted by molar-refractivity contribution is 9.10. The summed E-state index contributed by atoms with van der Waals surface area (Å²) in [6.45, 7) is 4.45. The first kappa shape index (κ1) is 17.7. The van der Waals surface area contributed by atoms with Gasteiger partial charge in [-0.25, -0.2) is 4.98 Å². The van der Waals surface area contributed by atoms with Crippen LogP contribution >= 0.6 is 27.3 Å². The van der Waals surface area contributed by atoms with Gasteiger partial charge >= 0.3 is 0 Å². The van der Waals surface area contributed by atoms with Crippen molar-refractivity contribution in [2.45, 2.75) is 13.8 Å². The fraction of sp³-hybridized carbons (Fsp3) is 0.222. The van der Waals surface area contributed by atoms with Gasteiger partial charge < -0.3 is 9.47 Å². The number of hydrogen-bond acceptors (Lipinski definition) is 5. The van der Waals surface area contributed by atoms with Gasteiger partial charge in [0, 0.05) is 4.47 Å². The number of thiazole rings is 1. The minimum atomic E-state index is -0.246. The predicted molar refractivity (Wildman–Crippen MR) is 104 cm³/mol. The third-order valence-electron chi connectivity index (χ3n) is 3.42. The fourth-order valence-electron chi connectivity index (χ4n) is 2.23. The standard InChI is InChI=1S/C18H17BrN2O3S/c1-3-23-13-5-7-15-16(9-13)25-18(20-15)21-17(22)10-24-12-4-6-14(19)11(2)8-12/h4-9H,3,10H2,1-2H3,(H,20,21,22). The minimum Gasteiger partial charge on any atom is -0.494 e. The van der Waals surface area contributed by atoms with Crippen molar-refractivity contribution in [3.8, 4) is 11.5 Å². The lowest BCUT2D eigenvalue weighted by molar-refractivity contribution is -0.118. The third kappa shape index (κ3) is 4.49. The average Bonchev–Trinajstić information content (AvgIpc) is 2.97. The van der Waals surface area contributed by atoms with Crippen molar-refractivity contribution in [3.05, 3.63) is 46.4 Å². The molecule has 0 radical (unpaired) electrons. The molecule has 3 aromatic rings. The summed E-state index contributed by atoms with van der Waals surface area (Å²) in [5.74, 6) is 1.21. The normalized spacial score (nSPS) is 10.7. The third-order valence-corrected chi connectivity index (χ3v) is 5.24. The van der Waals surface area contributed by atoms with Gasteiger partial charge in [0.25, 0.3) is 5.91 Å². The van der Waals surface area contributed by atoms with Crippen LogP contribution in [0.15, 0.2) is 40.9 Å². The molecule has 3 rings (SSSR count). The van der Waals surface area contributed by atoms with Gasteiger partial charge in [-0.3, -0.25) is 10.1 Å². The Kier molecular flexibility index (Phi) is 5.55. The number of aromatic nitrogens is 1. The van der Waals surface area contributed by atoms with Gasteiger partial charge in [-0.1, -0.05) is 27.3 Å². The molecular weight excluding hydrogens is 404 g/mol. The van der Waals surface area contributed by atoms with Gasteiger partial charge in [-0.15, -0.1) is 0 Å². The van der Waals surface area contributed by atoms with Crippen LogP contribution in [0.25, 0.3) is 10.2 Å². The van der Waals surface area contributed by atoms with E-state index in [1.54, 1.807) is 0 Å². The van der Waals surface area contributed by atoms with Crippen LogP contribution in [0.2, 0.25) is 0 Å². The fourth-order valence-corrected chi connectivity index (χ4v) is 3.38. The molecule has 0 spiro atoms. The summed E-state index contributed by atoms with van der Waals surface area (Å²) >= 11 is 4.84. The van der Waals surface area contributed by atoms with Crippen LogP contribution in [0.3, 0.4) is 0 Å². The van der Waals surface area contributed by atoms with E-state index in [-0.39, 0.29) is 12.5 Å². The van der Waals surface area contributed by atoms with E-state index >= 15 is 0 Å². The molecule has 1 aromatic heterocycles. The Morgan fingerprint density at radius 2 is 1.96 bits per heavy atom. The second-order valence-electron chi connectivity index (χ2n) is 5.33. The number of carbonyl (C=O) groups excluding carboxylic acids is 1. The van der Waals surface area contributed by atoms with Gasteiger partial charge in [-0.2, -0.15) is 0 Å². The molecule has 0 aliphatic carbocycles. The number of anilines is 1. The molecule has 0 unspecified atom stereocenters. The second-order valence-corrected chi connectivity index (χ2v) is 7.21. The van der Waals surface area contributed by atoms with Gasteiger partial charge in [-0.05, 0) is 55.8 Å². The molecule has 1 heterocycles. The van der Waals surface area contributed by atoms with E-state index in [0.717, 1.165) is 26.0 Å². The Hall–Kier alpha value is -2.12. The number of amides is 1. The van der Waals surface area contributed by atoms with E-state index in [0.29, 0.717) is 17.5 Å². The molecule has 130 valence electrons. The molecule has 1 N–H and O–H groups in total. The Bertz CT molecular complexity index is 910. The Balaban J connectivity index is 1.62. The molecule has 2 aromatic carbocycles. The van der Waals surface area contributed by atoms with Crippen molar-refractivity contribution >= 4 is 48.5 Å². The summed E-state index contributed by atoms with van der Waals surface area (Å²) in [7, 11) is 0. The summed E-state index contributed by atoms with van der Waals surface area (Å²) in [6.07, 6.45) is 0.